The predicted molar refractivity (Wildman–Crippen MR) is 109 cm³/mol. The number of aromatic nitrogens is 1. The molecule has 0 spiro atoms. The van der Waals surface area contributed by atoms with Crippen LogP contribution in [0.2, 0.25) is 0 Å². The first-order valence-electron chi connectivity index (χ1n) is 8.28. The van der Waals surface area contributed by atoms with Crippen LogP contribution >= 0.6 is 15.9 Å². The van der Waals surface area contributed by atoms with Crippen molar-refractivity contribution in [1.82, 2.24) is 4.98 Å². The van der Waals surface area contributed by atoms with E-state index in [1.165, 1.54) is 37.6 Å². The van der Waals surface area contributed by atoms with Gasteiger partial charge in [0.1, 0.15) is 16.4 Å². The second kappa shape index (κ2) is 8.28. The molecule has 0 unspecified atom stereocenters. The second-order valence-corrected chi connectivity index (χ2v) is 10.6. The molecule has 1 heterocycles. The van der Waals surface area contributed by atoms with E-state index in [9.17, 15) is 30.0 Å². The zero-order valence-corrected chi connectivity index (χ0v) is 18.8. The number of rotatable bonds is 6. The molecule has 0 saturated carbocycles. The van der Waals surface area contributed by atoms with E-state index < -0.39 is 37.0 Å². The van der Waals surface area contributed by atoms with Crippen molar-refractivity contribution in [2.24, 2.45) is 0 Å². The number of fused-ring (bicyclic) bond motifs is 1. The minimum absolute atomic E-state index is 0.0576. The SMILES string of the molecule is COc1ccc(Br)cc1S(=O)(=O)Cc1cnc2ccc(OS(=O)(=O)C(F)(F)F)cc2c1. The van der Waals surface area contributed by atoms with E-state index in [1.54, 1.807) is 6.07 Å². The van der Waals surface area contributed by atoms with Gasteiger partial charge in [-0.25, -0.2) is 8.42 Å². The number of benzene rings is 2. The maximum absolute atomic E-state index is 12.9. The van der Waals surface area contributed by atoms with Crippen molar-refractivity contribution in [2.75, 3.05) is 7.11 Å². The normalized spacial score (nSPS) is 12.7. The Kier molecular flexibility index (Phi) is 6.22. The molecule has 2 aromatic carbocycles. The molecule has 0 saturated heterocycles. The summed E-state index contributed by atoms with van der Waals surface area (Å²) in [5.74, 6) is -0.917. The van der Waals surface area contributed by atoms with E-state index in [0.29, 0.717) is 9.99 Å². The number of methoxy groups -OCH3 is 1. The highest BCUT2D eigenvalue weighted by molar-refractivity contribution is 9.10. The second-order valence-electron chi connectivity index (χ2n) is 6.24. The van der Waals surface area contributed by atoms with Crippen molar-refractivity contribution in [3.63, 3.8) is 0 Å². The monoisotopic (exact) mass is 539 g/mol. The van der Waals surface area contributed by atoms with Gasteiger partial charge in [-0.15, -0.1) is 0 Å². The smallest absolute Gasteiger partial charge is 0.495 e. The Bertz CT molecular complexity index is 1360. The van der Waals surface area contributed by atoms with E-state index in [-0.39, 0.29) is 21.6 Å². The van der Waals surface area contributed by atoms with E-state index in [0.717, 1.165) is 12.1 Å². The Morgan fingerprint density at radius 1 is 1.03 bits per heavy atom. The first-order valence-corrected chi connectivity index (χ1v) is 12.1. The van der Waals surface area contributed by atoms with Crippen LogP contribution in [0, 0.1) is 0 Å². The molecular formula is C18H13BrF3NO6S2. The lowest BCUT2D eigenvalue weighted by molar-refractivity contribution is -0.0500. The van der Waals surface area contributed by atoms with E-state index in [2.05, 4.69) is 25.1 Å². The molecule has 166 valence electrons. The Hall–Kier alpha value is -2.38. The van der Waals surface area contributed by atoms with Crippen LogP contribution in [-0.2, 0) is 25.7 Å². The molecule has 13 heteroatoms. The Balaban J connectivity index is 1.96. The van der Waals surface area contributed by atoms with Crippen molar-refractivity contribution in [2.45, 2.75) is 16.2 Å². The first kappa shape index (κ1) is 23.3. The van der Waals surface area contributed by atoms with Crippen LogP contribution < -0.4 is 8.92 Å². The summed E-state index contributed by atoms with van der Waals surface area (Å²) in [6, 6.07) is 9.16. The summed E-state index contributed by atoms with van der Waals surface area (Å²) in [6.45, 7) is 0. The molecule has 0 amide bonds. The first-order chi connectivity index (χ1) is 14.3. The maximum Gasteiger partial charge on any atom is 0.534 e. The summed E-state index contributed by atoms with van der Waals surface area (Å²) in [7, 11) is -8.39. The lowest BCUT2D eigenvalue weighted by atomic mass is 10.2. The summed E-state index contributed by atoms with van der Waals surface area (Å²) in [5.41, 5.74) is -5.05. The van der Waals surface area contributed by atoms with E-state index in [4.69, 9.17) is 4.74 Å². The molecule has 3 rings (SSSR count). The summed E-state index contributed by atoms with van der Waals surface area (Å²) >= 11 is 3.21. The number of hydrogen-bond acceptors (Lipinski definition) is 7. The molecule has 0 aliphatic heterocycles. The van der Waals surface area contributed by atoms with Crippen LogP contribution in [0.1, 0.15) is 5.56 Å². The molecule has 0 aliphatic rings. The zero-order chi connectivity index (χ0) is 23.0. The summed E-state index contributed by atoms with van der Waals surface area (Å²) in [5, 5.41) is 0.198. The van der Waals surface area contributed by atoms with Gasteiger partial charge in [0.05, 0.1) is 18.4 Å². The third-order valence-electron chi connectivity index (χ3n) is 4.02. The highest BCUT2D eigenvalue weighted by atomic mass is 79.9. The van der Waals surface area contributed by atoms with Gasteiger partial charge in [-0.1, -0.05) is 15.9 Å². The molecule has 0 aliphatic carbocycles. The average Bonchev–Trinajstić information content (AvgIpc) is 2.66. The van der Waals surface area contributed by atoms with Crippen LogP contribution in [0.25, 0.3) is 10.9 Å². The van der Waals surface area contributed by atoms with Crippen LogP contribution in [0.3, 0.4) is 0 Å². The van der Waals surface area contributed by atoms with Crippen molar-refractivity contribution < 1.29 is 38.9 Å². The van der Waals surface area contributed by atoms with Gasteiger partial charge in [-0.2, -0.15) is 21.6 Å². The molecule has 7 nitrogen and oxygen atoms in total. The molecule has 0 N–H and O–H groups in total. The van der Waals surface area contributed by atoms with Gasteiger partial charge in [-0.3, -0.25) is 4.98 Å². The molecule has 3 aromatic rings. The Labute approximate surface area is 184 Å². The molecule has 0 radical (unpaired) electrons. The van der Waals surface area contributed by atoms with Crippen molar-refractivity contribution in [3.8, 4) is 11.5 Å². The third-order valence-corrected chi connectivity index (χ3v) is 7.19. The third kappa shape index (κ3) is 5.10. The summed E-state index contributed by atoms with van der Waals surface area (Å²) in [6.07, 6.45) is 1.30. The van der Waals surface area contributed by atoms with Crippen molar-refractivity contribution in [1.29, 1.82) is 0 Å². The average molecular weight is 540 g/mol. The number of sulfone groups is 1. The number of alkyl halides is 3. The maximum atomic E-state index is 12.9. The standard InChI is InChI=1S/C18H13BrF3NO6S2/c1-28-16-5-2-13(19)8-17(16)30(24,25)10-11-6-12-7-14(3-4-15(12)23-9-11)29-31(26,27)18(20,21)22/h2-9H,10H2,1H3. The largest absolute Gasteiger partial charge is 0.534 e. The van der Waals surface area contributed by atoms with Crippen molar-refractivity contribution in [3.05, 3.63) is 58.7 Å². The van der Waals surface area contributed by atoms with Crippen LogP contribution in [0.15, 0.2) is 58.0 Å². The Morgan fingerprint density at radius 3 is 2.39 bits per heavy atom. The quantitative estimate of drug-likeness (QED) is 0.341. The molecule has 0 bridgehead atoms. The molecular weight excluding hydrogens is 527 g/mol. The number of pyridine rings is 1. The van der Waals surface area contributed by atoms with Gasteiger partial charge >= 0.3 is 15.6 Å². The summed E-state index contributed by atoms with van der Waals surface area (Å²) < 4.78 is 95.5. The molecule has 0 fully saturated rings. The van der Waals surface area contributed by atoms with Gasteiger partial charge in [-0.05, 0) is 48.0 Å². The summed E-state index contributed by atoms with van der Waals surface area (Å²) in [4.78, 5) is 4.02. The fraction of sp³-hybridized carbons (Fsp3) is 0.167. The number of nitrogens with zero attached hydrogens (tertiary/aromatic N) is 1. The van der Waals surface area contributed by atoms with Gasteiger partial charge in [0.15, 0.2) is 9.84 Å². The lowest BCUT2D eigenvalue weighted by Gasteiger charge is -2.11. The van der Waals surface area contributed by atoms with Crippen LogP contribution in [0.4, 0.5) is 13.2 Å². The minimum Gasteiger partial charge on any atom is -0.495 e. The fourth-order valence-corrected chi connectivity index (χ4v) is 5.13. The minimum atomic E-state index is -5.84. The van der Waals surface area contributed by atoms with Crippen LogP contribution in [0.5, 0.6) is 11.5 Å². The molecule has 31 heavy (non-hydrogen) atoms. The lowest BCUT2D eigenvalue weighted by Crippen LogP contribution is -2.28. The number of halogens is 4. The number of hydrogen-bond donors (Lipinski definition) is 0. The van der Waals surface area contributed by atoms with Gasteiger partial charge in [0, 0.05) is 16.1 Å². The Morgan fingerprint density at radius 2 is 1.74 bits per heavy atom. The molecule has 0 atom stereocenters. The van der Waals surface area contributed by atoms with Crippen LogP contribution in [-0.4, -0.2) is 34.4 Å². The fourth-order valence-electron chi connectivity index (χ4n) is 2.65. The zero-order valence-electron chi connectivity index (χ0n) is 15.6. The van der Waals surface area contributed by atoms with E-state index in [1.807, 2.05) is 0 Å². The highest BCUT2D eigenvalue weighted by Gasteiger charge is 2.48. The van der Waals surface area contributed by atoms with Gasteiger partial charge in [0.2, 0.25) is 0 Å². The highest BCUT2D eigenvalue weighted by Crippen LogP contribution is 2.31. The topological polar surface area (TPSA) is 99.6 Å². The van der Waals surface area contributed by atoms with E-state index >= 15 is 0 Å². The number of ether oxygens (including phenoxy) is 1. The molecule has 1 aromatic heterocycles. The van der Waals surface area contributed by atoms with Gasteiger partial charge in [0.25, 0.3) is 0 Å². The van der Waals surface area contributed by atoms with Gasteiger partial charge < -0.3 is 8.92 Å². The predicted octanol–water partition coefficient (Wildman–Crippen LogP) is 4.21. The van der Waals surface area contributed by atoms with Crippen molar-refractivity contribution >= 4 is 46.8 Å².